The van der Waals surface area contributed by atoms with Gasteiger partial charge in [-0.15, -0.1) is 0 Å². The molecule has 1 amide bonds. The second-order valence-corrected chi connectivity index (χ2v) is 8.05. The SMILES string of the molecule is Cc1ccc(N/C=C(/C#N)C(=O)N2CCN(C(c3ccccc3)c3ccccc3)CC2)cn1. The van der Waals surface area contributed by atoms with Crippen LogP contribution in [0, 0.1) is 18.3 Å². The van der Waals surface area contributed by atoms with E-state index in [9.17, 15) is 10.1 Å². The lowest BCUT2D eigenvalue weighted by Gasteiger charge is -2.39. The van der Waals surface area contributed by atoms with Crippen molar-refractivity contribution >= 4 is 11.6 Å². The van der Waals surface area contributed by atoms with E-state index >= 15 is 0 Å². The van der Waals surface area contributed by atoms with Crippen molar-refractivity contribution in [1.82, 2.24) is 14.8 Å². The van der Waals surface area contributed by atoms with Crippen LogP contribution in [-0.4, -0.2) is 46.9 Å². The second-order valence-electron chi connectivity index (χ2n) is 8.05. The third kappa shape index (κ3) is 5.46. The summed E-state index contributed by atoms with van der Waals surface area (Å²) in [4.78, 5) is 21.4. The van der Waals surface area contributed by atoms with Crippen LogP contribution in [-0.2, 0) is 4.79 Å². The summed E-state index contributed by atoms with van der Waals surface area (Å²) in [5.74, 6) is -0.249. The van der Waals surface area contributed by atoms with Crippen LogP contribution in [0.1, 0.15) is 22.9 Å². The Kier molecular flexibility index (Phi) is 7.13. The van der Waals surface area contributed by atoms with Crippen molar-refractivity contribution in [1.29, 1.82) is 5.26 Å². The number of pyridine rings is 1. The summed E-state index contributed by atoms with van der Waals surface area (Å²) in [6.45, 7) is 4.51. The summed E-state index contributed by atoms with van der Waals surface area (Å²) in [7, 11) is 0. The fourth-order valence-electron chi connectivity index (χ4n) is 4.09. The molecular formula is C27H27N5O. The van der Waals surface area contributed by atoms with Crippen LogP contribution in [0.3, 0.4) is 0 Å². The van der Waals surface area contributed by atoms with Crippen molar-refractivity contribution in [3.05, 3.63) is 108 Å². The molecule has 0 unspecified atom stereocenters. The molecule has 166 valence electrons. The molecule has 1 N–H and O–H groups in total. The molecule has 33 heavy (non-hydrogen) atoms. The Hall–Kier alpha value is -3.95. The van der Waals surface area contributed by atoms with Gasteiger partial charge >= 0.3 is 0 Å². The number of anilines is 1. The van der Waals surface area contributed by atoms with Crippen LogP contribution in [0.15, 0.2) is 90.8 Å². The minimum atomic E-state index is -0.249. The Morgan fingerprint density at radius 3 is 2.09 bits per heavy atom. The smallest absolute Gasteiger partial charge is 0.266 e. The molecule has 3 aromatic rings. The van der Waals surface area contributed by atoms with Gasteiger partial charge in [-0.25, -0.2) is 0 Å². The highest BCUT2D eigenvalue weighted by Gasteiger charge is 2.29. The van der Waals surface area contributed by atoms with Gasteiger partial charge in [0.15, 0.2) is 0 Å². The van der Waals surface area contributed by atoms with E-state index in [-0.39, 0.29) is 17.5 Å². The number of hydrogen-bond donors (Lipinski definition) is 1. The van der Waals surface area contributed by atoms with Crippen molar-refractivity contribution < 1.29 is 4.79 Å². The van der Waals surface area contributed by atoms with Gasteiger partial charge in [-0.1, -0.05) is 60.7 Å². The van der Waals surface area contributed by atoms with Gasteiger partial charge in [-0.05, 0) is 30.2 Å². The van der Waals surface area contributed by atoms with E-state index in [1.165, 1.54) is 17.3 Å². The number of nitrogens with one attached hydrogen (secondary N) is 1. The molecule has 2 aromatic carbocycles. The number of benzene rings is 2. The first-order chi connectivity index (χ1) is 16.2. The van der Waals surface area contributed by atoms with Crippen molar-refractivity contribution in [3.63, 3.8) is 0 Å². The van der Waals surface area contributed by atoms with Crippen LogP contribution in [0.2, 0.25) is 0 Å². The van der Waals surface area contributed by atoms with Crippen LogP contribution < -0.4 is 5.32 Å². The zero-order valence-corrected chi connectivity index (χ0v) is 18.7. The van der Waals surface area contributed by atoms with Gasteiger partial charge < -0.3 is 10.2 Å². The first-order valence-corrected chi connectivity index (χ1v) is 11.1. The summed E-state index contributed by atoms with van der Waals surface area (Å²) >= 11 is 0. The molecule has 0 aliphatic carbocycles. The van der Waals surface area contributed by atoms with Gasteiger partial charge in [0.2, 0.25) is 0 Å². The molecule has 4 rings (SSSR count). The maximum absolute atomic E-state index is 13.0. The molecule has 0 radical (unpaired) electrons. The molecule has 2 heterocycles. The highest BCUT2D eigenvalue weighted by atomic mass is 16.2. The molecule has 6 heteroatoms. The topological polar surface area (TPSA) is 72.3 Å². The van der Waals surface area contributed by atoms with Crippen LogP contribution >= 0.6 is 0 Å². The van der Waals surface area contributed by atoms with E-state index in [2.05, 4.69) is 63.7 Å². The molecule has 1 aliphatic heterocycles. The zero-order valence-electron chi connectivity index (χ0n) is 18.7. The zero-order chi connectivity index (χ0) is 23.0. The van der Waals surface area contributed by atoms with E-state index in [4.69, 9.17) is 0 Å². The number of aryl methyl sites for hydroxylation is 1. The largest absolute Gasteiger partial charge is 0.359 e. The molecule has 0 spiro atoms. The number of carbonyl (C=O) groups excluding carboxylic acids is 1. The number of hydrogen-bond acceptors (Lipinski definition) is 5. The maximum atomic E-state index is 13.0. The van der Waals surface area contributed by atoms with Gasteiger partial charge in [0.1, 0.15) is 11.6 Å². The van der Waals surface area contributed by atoms with Crippen molar-refractivity contribution in [2.24, 2.45) is 0 Å². The number of aromatic nitrogens is 1. The predicted molar refractivity (Wildman–Crippen MR) is 129 cm³/mol. The third-order valence-corrected chi connectivity index (χ3v) is 5.84. The number of piperazine rings is 1. The van der Waals surface area contributed by atoms with Gasteiger partial charge in [0.25, 0.3) is 5.91 Å². The van der Waals surface area contributed by atoms with E-state index < -0.39 is 0 Å². The third-order valence-electron chi connectivity index (χ3n) is 5.84. The van der Waals surface area contributed by atoms with Crippen molar-refractivity contribution in [2.45, 2.75) is 13.0 Å². The first kappa shape index (κ1) is 22.3. The number of rotatable bonds is 6. The Labute approximate surface area is 194 Å². The van der Waals surface area contributed by atoms with E-state index in [0.717, 1.165) is 24.5 Å². The monoisotopic (exact) mass is 437 g/mol. The highest BCUT2D eigenvalue weighted by Crippen LogP contribution is 2.29. The molecule has 6 nitrogen and oxygen atoms in total. The lowest BCUT2D eigenvalue weighted by molar-refractivity contribution is -0.128. The molecule has 1 aromatic heterocycles. The summed E-state index contributed by atoms with van der Waals surface area (Å²) < 4.78 is 0. The lowest BCUT2D eigenvalue weighted by atomic mass is 9.96. The quantitative estimate of drug-likeness (QED) is 0.463. The van der Waals surface area contributed by atoms with Crippen molar-refractivity contribution in [2.75, 3.05) is 31.5 Å². The van der Waals surface area contributed by atoms with Gasteiger partial charge in [0, 0.05) is 38.1 Å². The number of nitrogens with zero attached hydrogens (tertiary/aromatic N) is 4. The van der Waals surface area contributed by atoms with Crippen LogP contribution in [0.4, 0.5) is 5.69 Å². The highest BCUT2D eigenvalue weighted by molar-refractivity contribution is 5.97. The first-order valence-electron chi connectivity index (χ1n) is 11.1. The van der Waals surface area contributed by atoms with Gasteiger partial charge in [0.05, 0.1) is 17.9 Å². The van der Waals surface area contributed by atoms with E-state index in [1.807, 2.05) is 37.3 Å². The normalized spacial score (nSPS) is 14.7. The van der Waals surface area contributed by atoms with E-state index in [0.29, 0.717) is 13.1 Å². The summed E-state index contributed by atoms with van der Waals surface area (Å²) in [6, 6.07) is 26.8. The average molecular weight is 438 g/mol. The Morgan fingerprint density at radius 1 is 0.970 bits per heavy atom. The Morgan fingerprint density at radius 2 is 1.58 bits per heavy atom. The Bertz CT molecular complexity index is 1090. The summed E-state index contributed by atoms with van der Waals surface area (Å²) in [6.07, 6.45) is 3.15. The molecule has 0 saturated carbocycles. The molecule has 1 fully saturated rings. The Balaban J connectivity index is 1.44. The van der Waals surface area contributed by atoms with Gasteiger partial charge in [-0.3, -0.25) is 14.7 Å². The van der Waals surface area contributed by atoms with Crippen molar-refractivity contribution in [3.8, 4) is 6.07 Å². The molecule has 1 aliphatic rings. The fraction of sp³-hybridized carbons (Fsp3) is 0.222. The number of nitriles is 1. The van der Waals surface area contributed by atoms with Crippen LogP contribution in [0.25, 0.3) is 0 Å². The van der Waals surface area contributed by atoms with Gasteiger partial charge in [-0.2, -0.15) is 5.26 Å². The maximum Gasteiger partial charge on any atom is 0.266 e. The predicted octanol–water partition coefficient (Wildman–Crippen LogP) is 4.14. The molecule has 0 atom stereocenters. The summed E-state index contributed by atoms with van der Waals surface area (Å²) in [5.41, 5.74) is 4.20. The molecule has 0 bridgehead atoms. The number of carbonyl (C=O) groups is 1. The molecular weight excluding hydrogens is 410 g/mol. The second kappa shape index (κ2) is 10.6. The minimum Gasteiger partial charge on any atom is -0.359 e. The standard InChI is InChI=1S/C27H27N5O/c1-21-12-13-25(20-29-21)30-19-24(18-28)27(33)32-16-14-31(15-17-32)26(22-8-4-2-5-9-22)23-10-6-3-7-11-23/h2-13,19-20,26,30H,14-17H2,1H3/b24-19-. The summed E-state index contributed by atoms with van der Waals surface area (Å²) in [5, 5.41) is 12.6. The van der Waals surface area contributed by atoms with Crippen LogP contribution in [0.5, 0.6) is 0 Å². The average Bonchev–Trinajstić information content (AvgIpc) is 2.87. The fourth-order valence-corrected chi connectivity index (χ4v) is 4.09. The minimum absolute atomic E-state index is 0.0895. The number of amides is 1. The molecule has 1 saturated heterocycles. The lowest BCUT2D eigenvalue weighted by Crippen LogP contribution is -2.50. The van der Waals surface area contributed by atoms with E-state index in [1.54, 1.807) is 11.1 Å².